The highest BCUT2D eigenvalue weighted by Gasteiger charge is 2.29. The molecule has 20 rings (SSSR count). The van der Waals surface area contributed by atoms with Crippen molar-refractivity contribution in [2.75, 3.05) is 0 Å². The molecule has 0 saturated heterocycles. The molecule has 0 atom stereocenters. The summed E-state index contributed by atoms with van der Waals surface area (Å²) >= 11 is 0. The van der Waals surface area contributed by atoms with E-state index in [1.54, 1.807) is 84.9 Å². The Kier molecular flexibility index (Phi) is 17.4. The van der Waals surface area contributed by atoms with Gasteiger partial charge in [-0.25, -0.2) is 0 Å². The maximum atomic E-state index is 12.2. The zero-order valence-electron chi connectivity index (χ0n) is 65.0. The highest BCUT2D eigenvalue weighted by atomic mass is 15.0. The molecular weight excluding hydrogens is 1520 g/mol. The Bertz CT molecular complexity index is 8810. The molecule has 0 aliphatic heterocycles. The predicted octanol–water partition coefficient (Wildman–Crippen LogP) is 24.2. The molecule has 0 aliphatic rings. The second kappa shape index (κ2) is 29.4. The molecule has 16 nitrogen and oxygen atoms in total. The Balaban J connectivity index is 0.831. The molecule has 16 aromatic carbocycles. The molecule has 0 aliphatic carbocycles. The summed E-state index contributed by atoms with van der Waals surface area (Å²) in [4.78, 5) is 0. The molecule has 0 spiro atoms. The second-order valence-electron chi connectivity index (χ2n) is 30.1. The minimum atomic E-state index is 0.185. The van der Waals surface area contributed by atoms with Crippen LogP contribution in [0.3, 0.4) is 0 Å². The first-order valence-corrected chi connectivity index (χ1v) is 39.1. The Labute approximate surface area is 707 Å². The van der Waals surface area contributed by atoms with E-state index in [-0.39, 0.29) is 27.8 Å². The van der Waals surface area contributed by atoms with E-state index in [9.17, 15) is 63.1 Å². The molecule has 20 aromatic rings. The fourth-order valence-electron chi connectivity index (χ4n) is 18.0. The summed E-state index contributed by atoms with van der Waals surface area (Å²) in [6, 6.07) is 122. The number of aromatic nitrogens is 4. The van der Waals surface area contributed by atoms with Crippen LogP contribution in [0, 0.1) is 136 Å². The number of hydrogen-bond acceptors (Lipinski definition) is 12. The zero-order chi connectivity index (χ0) is 84.7. The van der Waals surface area contributed by atoms with Crippen LogP contribution in [0.4, 0.5) is 0 Å². The summed E-state index contributed by atoms with van der Waals surface area (Å²) in [6.07, 6.45) is 0. The summed E-state index contributed by atoms with van der Waals surface area (Å²) < 4.78 is 8.25. The van der Waals surface area contributed by atoms with Crippen molar-refractivity contribution in [2.24, 2.45) is 0 Å². The van der Waals surface area contributed by atoms with Crippen LogP contribution in [-0.2, 0) is 0 Å². The fourth-order valence-corrected chi connectivity index (χ4v) is 18.0. The Morgan fingerprint density at radius 1 is 0.161 bits per heavy atom. The lowest BCUT2D eigenvalue weighted by atomic mass is 9.88. The van der Waals surface area contributed by atoms with Crippen LogP contribution in [0.25, 0.3) is 188 Å². The van der Waals surface area contributed by atoms with Gasteiger partial charge >= 0.3 is 0 Å². The molecule has 124 heavy (non-hydrogen) atoms. The van der Waals surface area contributed by atoms with Gasteiger partial charge in [0.1, 0.15) is 23.3 Å². The van der Waals surface area contributed by atoms with Crippen LogP contribution in [0.2, 0.25) is 0 Å². The topological polar surface area (TPSA) is 305 Å². The molecular formula is C108H50N16. The van der Waals surface area contributed by atoms with E-state index in [0.29, 0.717) is 161 Å². The van der Waals surface area contributed by atoms with E-state index in [1.807, 2.05) is 223 Å². The molecule has 0 unspecified atom stereocenters. The van der Waals surface area contributed by atoms with Gasteiger partial charge in [0.05, 0.1) is 183 Å². The van der Waals surface area contributed by atoms with Gasteiger partial charge in [-0.15, -0.1) is 0 Å². The lowest BCUT2D eigenvalue weighted by molar-refractivity contribution is 1.12. The third-order valence-electron chi connectivity index (χ3n) is 23.5. The quantitative estimate of drug-likeness (QED) is 0.117. The van der Waals surface area contributed by atoms with Gasteiger partial charge < -0.3 is 18.3 Å². The first kappa shape index (κ1) is 73.5. The zero-order valence-corrected chi connectivity index (χ0v) is 65.0. The van der Waals surface area contributed by atoms with Gasteiger partial charge in [-0.2, -0.15) is 63.1 Å². The van der Waals surface area contributed by atoms with Crippen molar-refractivity contribution in [3.05, 3.63) is 370 Å². The SMILES string of the molecule is N#Cc1cccc(-c2cc(-n3c4ccccc4c4cc(-c5ccc(C#N)cc5C#N)ccc43)c(C#N)c(-n3c4ccc(-c5ccc(C#N)cc5C#N)cc4c4cc(-c5cc(C#N)cc(C#N)c5-c5ccc6c7ccccc7n(-c7cc(-c8cccc(C#N)c8)cc(-n8c9ccccc9c9ccc(-c%10ccc(C#N)cc%10C#N)cc98)c7C#N)c6c5)ccc43)c2)c1. The predicted molar refractivity (Wildman–Crippen MR) is 478 cm³/mol. The van der Waals surface area contributed by atoms with Gasteiger partial charge in [0.25, 0.3) is 0 Å². The summed E-state index contributed by atoms with van der Waals surface area (Å²) in [7, 11) is 0. The average molecular weight is 1570 g/mol. The maximum Gasteiger partial charge on any atom is 0.104 e. The number of para-hydroxylation sites is 3. The smallest absolute Gasteiger partial charge is 0.104 e. The van der Waals surface area contributed by atoms with Crippen molar-refractivity contribution in [3.8, 4) is 173 Å². The van der Waals surface area contributed by atoms with Gasteiger partial charge in [0, 0.05) is 48.7 Å². The van der Waals surface area contributed by atoms with E-state index < -0.39 is 0 Å². The molecule has 16 heteroatoms. The van der Waals surface area contributed by atoms with E-state index in [1.165, 1.54) is 0 Å². The van der Waals surface area contributed by atoms with Gasteiger partial charge in [-0.05, 0) is 236 Å². The summed E-state index contributed by atoms with van der Waals surface area (Å²) in [5, 5.41) is 136. The normalized spacial score (nSPS) is 11.0. The van der Waals surface area contributed by atoms with Crippen LogP contribution in [0.1, 0.15) is 66.8 Å². The number of hydrogen-bond donors (Lipinski definition) is 0. The Morgan fingerprint density at radius 3 is 0.855 bits per heavy atom. The van der Waals surface area contributed by atoms with E-state index in [0.717, 1.165) is 65.5 Å². The largest absolute Gasteiger partial charge is 0.308 e. The number of nitrogens with zero attached hydrogens (tertiary/aromatic N) is 16. The number of rotatable bonds is 11. The minimum absolute atomic E-state index is 0.185. The van der Waals surface area contributed by atoms with Gasteiger partial charge in [-0.3, -0.25) is 0 Å². The van der Waals surface area contributed by atoms with Gasteiger partial charge in [0.15, 0.2) is 0 Å². The first-order valence-electron chi connectivity index (χ1n) is 39.1. The molecule has 0 saturated carbocycles. The third kappa shape index (κ3) is 11.6. The van der Waals surface area contributed by atoms with Crippen LogP contribution in [0.5, 0.6) is 0 Å². The Morgan fingerprint density at radius 2 is 0.468 bits per heavy atom. The van der Waals surface area contributed by atoms with Crippen molar-refractivity contribution in [1.29, 1.82) is 63.1 Å². The molecule has 4 heterocycles. The van der Waals surface area contributed by atoms with E-state index in [2.05, 4.69) is 86.5 Å². The fraction of sp³-hybridized carbons (Fsp3) is 0. The first-order chi connectivity index (χ1) is 60.9. The summed E-state index contributed by atoms with van der Waals surface area (Å²) in [6.45, 7) is 0. The van der Waals surface area contributed by atoms with Crippen LogP contribution in [-0.4, -0.2) is 18.3 Å². The molecule has 0 amide bonds. The minimum Gasteiger partial charge on any atom is -0.308 e. The Hall–Kier alpha value is -19.4. The van der Waals surface area contributed by atoms with Crippen molar-refractivity contribution < 1.29 is 0 Å². The third-order valence-corrected chi connectivity index (χ3v) is 23.5. The van der Waals surface area contributed by atoms with Gasteiger partial charge in [0.2, 0.25) is 0 Å². The lowest BCUT2D eigenvalue weighted by Crippen LogP contribution is -2.05. The van der Waals surface area contributed by atoms with E-state index in [4.69, 9.17) is 0 Å². The molecule has 4 aromatic heterocycles. The second-order valence-corrected chi connectivity index (χ2v) is 30.1. The number of nitriles is 12. The van der Waals surface area contributed by atoms with Crippen molar-refractivity contribution >= 4 is 87.2 Å². The van der Waals surface area contributed by atoms with Crippen LogP contribution in [0.15, 0.2) is 303 Å². The number of benzene rings is 16. The van der Waals surface area contributed by atoms with Crippen LogP contribution < -0.4 is 0 Å². The lowest BCUT2D eigenvalue weighted by Gasteiger charge is -2.19. The molecule has 0 bridgehead atoms. The molecule has 562 valence electrons. The average Bonchev–Trinajstić information content (AvgIpc) is 1.56. The molecule has 0 fully saturated rings. The van der Waals surface area contributed by atoms with E-state index >= 15 is 0 Å². The standard InChI is InChI=1S/C108H50N16/c109-51-63-9-7-11-69(35-63)76-47-104(121-98-18-6-3-15-87(98)91-42-71(24-32-99(91)121)82-27-19-65(53-111)37-78(82)57-115)94(61-119)105(48-76)122-100-33-25-72(83-28-20-66(54-112)38-79(83)58-116)43-92(100)93-44-73(26-34-101(93)122)90-41-68(56-114)40-81(60-118)108(90)75-23-31-89-86-14-2-5-17-97(86)124(103(89)46-75)107-50-77(70-12-8-10-64(36-70)52-110)49-106(95(107)62-120)123-96-16-4-1-13-85(96)88-30-22-74(45-102(88)123)84-29-21-67(55-113)39-80(84)59-117/h1-50H. The summed E-state index contributed by atoms with van der Waals surface area (Å²) in [5.74, 6) is 0. The van der Waals surface area contributed by atoms with Crippen molar-refractivity contribution in [3.63, 3.8) is 0 Å². The number of fused-ring (bicyclic) bond motifs is 12. The molecule has 0 N–H and O–H groups in total. The van der Waals surface area contributed by atoms with Gasteiger partial charge in [-0.1, -0.05) is 140 Å². The highest BCUT2D eigenvalue weighted by molar-refractivity contribution is 6.16. The van der Waals surface area contributed by atoms with Crippen molar-refractivity contribution in [2.45, 2.75) is 0 Å². The van der Waals surface area contributed by atoms with Crippen LogP contribution >= 0.6 is 0 Å². The maximum absolute atomic E-state index is 12.2. The monoisotopic (exact) mass is 1570 g/mol. The van der Waals surface area contributed by atoms with Crippen molar-refractivity contribution in [1.82, 2.24) is 18.3 Å². The highest BCUT2D eigenvalue weighted by Crippen LogP contribution is 2.49. The molecule has 0 radical (unpaired) electrons. The summed E-state index contributed by atoms with van der Waals surface area (Å²) in [5.41, 5.74) is 20.1.